The van der Waals surface area contributed by atoms with Gasteiger partial charge in [-0.15, -0.1) is 0 Å². The lowest BCUT2D eigenvalue weighted by molar-refractivity contribution is 0.477. The highest BCUT2D eigenvalue weighted by Gasteiger charge is 2.14. The highest BCUT2D eigenvalue weighted by atomic mass is 35.5. The second-order valence-corrected chi connectivity index (χ2v) is 6.14. The van der Waals surface area contributed by atoms with Gasteiger partial charge >= 0.3 is 0 Å². The topological polar surface area (TPSA) is 58.9 Å². The molecule has 1 heterocycles. The summed E-state index contributed by atoms with van der Waals surface area (Å²) in [7, 11) is 0. The molecule has 3 aromatic carbocycles. The van der Waals surface area contributed by atoms with E-state index in [1.165, 1.54) is 6.07 Å². The van der Waals surface area contributed by atoms with Crippen LogP contribution >= 0.6 is 11.6 Å². The first-order valence-corrected chi connectivity index (χ1v) is 8.44. The predicted octanol–water partition coefficient (Wildman–Crippen LogP) is 5.23. The Labute approximate surface area is 155 Å². The number of aromatic nitrogens is 3. The number of rotatable bonds is 3. The maximum absolute atomic E-state index is 10.3. The third-order valence-corrected chi connectivity index (χ3v) is 4.13. The van der Waals surface area contributed by atoms with E-state index in [4.69, 9.17) is 11.6 Å². The van der Waals surface area contributed by atoms with Crippen molar-refractivity contribution >= 4 is 11.6 Å². The molecule has 4 aromatic rings. The molecular weight excluding hydrogens is 346 g/mol. The van der Waals surface area contributed by atoms with Crippen LogP contribution in [0.25, 0.3) is 34.2 Å². The number of hydrogen-bond donors (Lipinski definition) is 1. The summed E-state index contributed by atoms with van der Waals surface area (Å²) in [6, 6.07) is 24.1. The van der Waals surface area contributed by atoms with E-state index in [-0.39, 0.29) is 5.75 Å². The SMILES string of the molecule is Oc1ccc(Cl)cc1-c1nc(-c2ccccc2)nc(-c2ccccc2)n1. The van der Waals surface area contributed by atoms with E-state index in [1.807, 2.05) is 60.7 Å². The molecule has 0 radical (unpaired) electrons. The minimum Gasteiger partial charge on any atom is -0.507 e. The van der Waals surface area contributed by atoms with Crippen LogP contribution < -0.4 is 0 Å². The van der Waals surface area contributed by atoms with Crippen molar-refractivity contribution in [1.82, 2.24) is 15.0 Å². The van der Waals surface area contributed by atoms with Crippen molar-refractivity contribution in [2.24, 2.45) is 0 Å². The fourth-order valence-electron chi connectivity index (χ4n) is 2.62. The normalized spacial score (nSPS) is 10.7. The molecule has 4 nitrogen and oxygen atoms in total. The van der Waals surface area contributed by atoms with Crippen molar-refractivity contribution in [2.75, 3.05) is 0 Å². The minimum atomic E-state index is 0.0682. The maximum Gasteiger partial charge on any atom is 0.167 e. The van der Waals surface area contributed by atoms with Crippen molar-refractivity contribution in [1.29, 1.82) is 0 Å². The molecule has 126 valence electrons. The second-order valence-electron chi connectivity index (χ2n) is 5.70. The van der Waals surface area contributed by atoms with Gasteiger partial charge in [0.2, 0.25) is 0 Å². The molecule has 0 saturated carbocycles. The molecule has 4 rings (SSSR count). The lowest BCUT2D eigenvalue weighted by atomic mass is 10.1. The van der Waals surface area contributed by atoms with Crippen LogP contribution in [0.2, 0.25) is 5.02 Å². The molecule has 1 N–H and O–H groups in total. The van der Waals surface area contributed by atoms with Gasteiger partial charge in [0.25, 0.3) is 0 Å². The summed E-state index contributed by atoms with van der Waals surface area (Å²) in [6.07, 6.45) is 0. The van der Waals surface area contributed by atoms with Gasteiger partial charge in [0.1, 0.15) is 5.75 Å². The van der Waals surface area contributed by atoms with Gasteiger partial charge < -0.3 is 5.11 Å². The van der Waals surface area contributed by atoms with Crippen LogP contribution in [0.15, 0.2) is 78.9 Å². The van der Waals surface area contributed by atoms with Crippen molar-refractivity contribution in [3.63, 3.8) is 0 Å². The number of nitrogens with zero attached hydrogens (tertiary/aromatic N) is 3. The average molecular weight is 360 g/mol. The molecule has 0 atom stereocenters. The van der Waals surface area contributed by atoms with Gasteiger partial charge in [-0.1, -0.05) is 72.3 Å². The Kier molecular flexibility index (Phi) is 4.33. The van der Waals surface area contributed by atoms with Crippen LogP contribution in [-0.2, 0) is 0 Å². The first kappa shape index (κ1) is 16.2. The Bertz CT molecular complexity index is 996. The van der Waals surface area contributed by atoms with Crippen molar-refractivity contribution in [3.05, 3.63) is 83.9 Å². The van der Waals surface area contributed by atoms with Gasteiger partial charge in [-0.05, 0) is 18.2 Å². The molecular formula is C21H14ClN3O. The monoisotopic (exact) mass is 359 g/mol. The quantitative estimate of drug-likeness (QED) is 0.544. The van der Waals surface area contributed by atoms with E-state index < -0.39 is 0 Å². The molecule has 5 heteroatoms. The van der Waals surface area contributed by atoms with Gasteiger partial charge in [-0.3, -0.25) is 0 Å². The zero-order valence-electron chi connectivity index (χ0n) is 13.7. The van der Waals surface area contributed by atoms with Crippen LogP contribution in [0.3, 0.4) is 0 Å². The Morgan fingerprint density at radius 2 is 1.12 bits per heavy atom. The van der Waals surface area contributed by atoms with Gasteiger partial charge in [-0.25, -0.2) is 15.0 Å². The highest BCUT2D eigenvalue weighted by molar-refractivity contribution is 6.30. The van der Waals surface area contributed by atoms with Gasteiger partial charge in [0.05, 0.1) is 5.56 Å². The predicted molar refractivity (Wildman–Crippen MR) is 103 cm³/mol. The molecule has 0 bridgehead atoms. The summed E-state index contributed by atoms with van der Waals surface area (Å²) in [5.74, 6) is 1.51. The molecule has 0 saturated heterocycles. The molecule has 0 fully saturated rings. The van der Waals surface area contributed by atoms with Gasteiger partial charge in [-0.2, -0.15) is 0 Å². The van der Waals surface area contributed by atoms with Crippen LogP contribution in [0.1, 0.15) is 0 Å². The van der Waals surface area contributed by atoms with E-state index in [1.54, 1.807) is 12.1 Å². The summed E-state index contributed by atoms with van der Waals surface area (Å²) < 4.78 is 0. The van der Waals surface area contributed by atoms with Crippen molar-refractivity contribution in [3.8, 4) is 39.9 Å². The molecule has 26 heavy (non-hydrogen) atoms. The summed E-state index contributed by atoms with van der Waals surface area (Å²) in [5, 5.41) is 10.8. The first-order chi connectivity index (χ1) is 12.7. The lowest BCUT2D eigenvalue weighted by Crippen LogP contribution is -2.00. The maximum atomic E-state index is 10.3. The van der Waals surface area contributed by atoms with E-state index in [0.717, 1.165) is 11.1 Å². The van der Waals surface area contributed by atoms with Gasteiger partial charge in [0.15, 0.2) is 17.5 Å². The van der Waals surface area contributed by atoms with E-state index in [9.17, 15) is 5.11 Å². The zero-order chi connectivity index (χ0) is 17.9. The molecule has 0 aliphatic carbocycles. The van der Waals surface area contributed by atoms with Crippen LogP contribution in [0, 0.1) is 0 Å². The van der Waals surface area contributed by atoms with E-state index >= 15 is 0 Å². The molecule has 0 aliphatic rings. The van der Waals surface area contributed by atoms with Crippen LogP contribution in [-0.4, -0.2) is 20.1 Å². The van der Waals surface area contributed by atoms with Crippen LogP contribution in [0.4, 0.5) is 0 Å². The standard InChI is InChI=1S/C21H14ClN3O/c22-16-11-12-18(26)17(13-16)21-24-19(14-7-3-1-4-8-14)23-20(25-21)15-9-5-2-6-10-15/h1-13,26H. The van der Waals surface area contributed by atoms with Crippen molar-refractivity contribution < 1.29 is 5.11 Å². The van der Waals surface area contributed by atoms with E-state index in [2.05, 4.69) is 15.0 Å². The largest absolute Gasteiger partial charge is 0.507 e. The Morgan fingerprint density at radius 1 is 0.615 bits per heavy atom. The summed E-state index contributed by atoms with van der Waals surface area (Å²) in [6.45, 7) is 0. The number of phenolic OH excluding ortho intramolecular Hbond substituents is 1. The smallest absolute Gasteiger partial charge is 0.167 e. The molecule has 0 amide bonds. The number of aromatic hydroxyl groups is 1. The third-order valence-electron chi connectivity index (χ3n) is 3.90. The fourth-order valence-corrected chi connectivity index (χ4v) is 2.79. The summed E-state index contributed by atoms with van der Waals surface area (Å²) >= 11 is 6.10. The summed E-state index contributed by atoms with van der Waals surface area (Å²) in [4.78, 5) is 13.7. The van der Waals surface area contributed by atoms with Crippen LogP contribution in [0.5, 0.6) is 5.75 Å². The lowest BCUT2D eigenvalue weighted by Gasteiger charge is -2.09. The van der Waals surface area contributed by atoms with E-state index in [0.29, 0.717) is 28.1 Å². The zero-order valence-corrected chi connectivity index (χ0v) is 14.4. The number of benzene rings is 3. The first-order valence-electron chi connectivity index (χ1n) is 8.06. The Morgan fingerprint density at radius 3 is 1.65 bits per heavy atom. The Hall–Kier alpha value is -3.24. The Balaban J connectivity index is 1.95. The van der Waals surface area contributed by atoms with Gasteiger partial charge in [0, 0.05) is 16.1 Å². The van der Waals surface area contributed by atoms with Crippen molar-refractivity contribution in [2.45, 2.75) is 0 Å². The highest BCUT2D eigenvalue weighted by Crippen LogP contribution is 2.31. The number of hydrogen-bond acceptors (Lipinski definition) is 4. The number of phenols is 1. The molecule has 0 unspecified atom stereocenters. The molecule has 1 aromatic heterocycles. The number of halogens is 1. The third kappa shape index (κ3) is 3.27. The average Bonchev–Trinajstić information content (AvgIpc) is 2.71. The summed E-state index contributed by atoms with van der Waals surface area (Å²) in [5.41, 5.74) is 2.21. The molecule has 0 spiro atoms. The minimum absolute atomic E-state index is 0.0682. The fraction of sp³-hybridized carbons (Fsp3) is 0. The second kappa shape index (κ2) is 6.94. The molecule has 0 aliphatic heterocycles.